The average molecular weight is 283 g/mol. The molecular weight excluding hydrogens is 266 g/mol. The molecule has 1 atom stereocenters. The molecule has 0 aliphatic heterocycles. The molecule has 7 heteroatoms. The summed E-state index contributed by atoms with van der Waals surface area (Å²) >= 11 is 0. The number of hydrogen-bond acceptors (Lipinski definition) is 6. The zero-order valence-corrected chi connectivity index (χ0v) is 11.3. The summed E-state index contributed by atoms with van der Waals surface area (Å²) in [5, 5.41) is 29.6. The van der Waals surface area contributed by atoms with Crippen molar-refractivity contribution in [3.8, 4) is 0 Å². The topological polar surface area (TPSA) is 110 Å². The number of aliphatic hydroxyl groups is 2. The van der Waals surface area contributed by atoms with Crippen molar-refractivity contribution in [2.24, 2.45) is 0 Å². The monoisotopic (exact) mass is 283 g/mol. The maximum Gasteiger partial charge on any atom is 0.269 e. The van der Waals surface area contributed by atoms with Gasteiger partial charge in [0.1, 0.15) is 6.61 Å². The minimum Gasteiger partial charge on any atom is -0.388 e. The van der Waals surface area contributed by atoms with Crippen LogP contribution in [0, 0.1) is 10.1 Å². The van der Waals surface area contributed by atoms with Crippen LogP contribution in [0.5, 0.6) is 0 Å². The molecule has 0 radical (unpaired) electrons. The Morgan fingerprint density at radius 1 is 1.40 bits per heavy atom. The molecule has 0 heterocycles. The second-order valence-electron chi connectivity index (χ2n) is 4.84. The van der Waals surface area contributed by atoms with Gasteiger partial charge in [0.2, 0.25) is 0 Å². The van der Waals surface area contributed by atoms with Crippen LogP contribution in [0.4, 0.5) is 5.69 Å². The standard InChI is InChI=1S/C13H17NO6/c1-13(2,17)20-8-11(15)7-12(16)9-3-5-10(6-4-9)14(18)19/h3-6,12,16-17H,7-8H2,1-2H3. The summed E-state index contributed by atoms with van der Waals surface area (Å²) in [6, 6.07) is 5.31. The molecule has 1 rings (SSSR count). The molecular formula is C13H17NO6. The number of benzene rings is 1. The molecule has 0 aromatic heterocycles. The Hall–Kier alpha value is -1.83. The summed E-state index contributed by atoms with van der Waals surface area (Å²) in [6.07, 6.45) is -1.25. The molecule has 0 amide bonds. The number of Topliss-reactive ketones (excluding diaryl/α,β-unsaturated/α-hetero) is 1. The van der Waals surface area contributed by atoms with Crippen molar-refractivity contribution < 1.29 is 24.7 Å². The fourth-order valence-electron chi connectivity index (χ4n) is 1.47. The van der Waals surface area contributed by atoms with Gasteiger partial charge in [-0.1, -0.05) is 0 Å². The number of rotatable bonds is 7. The molecule has 0 bridgehead atoms. The molecule has 20 heavy (non-hydrogen) atoms. The van der Waals surface area contributed by atoms with Gasteiger partial charge in [-0.25, -0.2) is 0 Å². The lowest BCUT2D eigenvalue weighted by atomic mass is 10.0. The van der Waals surface area contributed by atoms with Crippen molar-refractivity contribution in [1.82, 2.24) is 0 Å². The van der Waals surface area contributed by atoms with Crippen LogP contribution in [-0.2, 0) is 9.53 Å². The third-order valence-electron chi connectivity index (χ3n) is 2.50. The highest BCUT2D eigenvalue weighted by atomic mass is 16.6. The van der Waals surface area contributed by atoms with E-state index in [0.717, 1.165) is 0 Å². The van der Waals surface area contributed by atoms with Crippen LogP contribution in [0.15, 0.2) is 24.3 Å². The lowest BCUT2D eigenvalue weighted by Gasteiger charge is -2.18. The normalized spacial score (nSPS) is 13.0. The minimum absolute atomic E-state index is 0.0855. The first-order valence-electron chi connectivity index (χ1n) is 5.99. The Labute approximate surface area is 116 Å². The Morgan fingerprint density at radius 3 is 2.40 bits per heavy atom. The number of nitro benzene ring substituents is 1. The van der Waals surface area contributed by atoms with E-state index in [0.29, 0.717) is 5.56 Å². The molecule has 0 spiro atoms. The van der Waals surface area contributed by atoms with E-state index in [1.807, 2.05) is 0 Å². The van der Waals surface area contributed by atoms with Gasteiger partial charge in [0.05, 0.1) is 11.0 Å². The van der Waals surface area contributed by atoms with E-state index in [2.05, 4.69) is 0 Å². The number of non-ortho nitro benzene ring substituents is 1. The second-order valence-corrected chi connectivity index (χ2v) is 4.84. The van der Waals surface area contributed by atoms with Gasteiger partial charge in [-0.2, -0.15) is 0 Å². The van der Waals surface area contributed by atoms with E-state index >= 15 is 0 Å². The van der Waals surface area contributed by atoms with Crippen LogP contribution in [0.3, 0.4) is 0 Å². The zero-order chi connectivity index (χ0) is 15.3. The number of carbonyl (C=O) groups excluding carboxylic acids is 1. The van der Waals surface area contributed by atoms with Gasteiger partial charge in [-0.05, 0) is 31.5 Å². The highest BCUT2D eigenvalue weighted by molar-refractivity contribution is 5.80. The largest absolute Gasteiger partial charge is 0.388 e. The predicted octanol–water partition coefficient (Wildman–Crippen LogP) is 1.33. The number of hydrogen-bond donors (Lipinski definition) is 2. The summed E-state index contributed by atoms with van der Waals surface area (Å²) in [6.45, 7) is 2.48. The third kappa shape index (κ3) is 5.43. The van der Waals surface area contributed by atoms with Gasteiger partial charge in [0.25, 0.3) is 5.69 Å². The fraction of sp³-hybridized carbons (Fsp3) is 0.462. The molecule has 0 fully saturated rings. The molecule has 110 valence electrons. The average Bonchev–Trinajstić information content (AvgIpc) is 2.35. The molecule has 7 nitrogen and oxygen atoms in total. The van der Waals surface area contributed by atoms with Crippen molar-refractivity contribution in [2.45, 2.75) is 32.2 Å². The van der Waals surface area contributed by atoms with E-state index in [-0.39, 0.29) is 24.5 Å². The molecule has 0 aliphatic rings. The number of ether oxygens (including phenoxy) is 1. The number of nitro groups is 1. The van der Waals surface area contributed by atoms with Crippen LogP contribution < -0.4 is 0 Å². The Morgan fingerprint density at radius 2 is 1.95 bits per heavy atom. The van der Waals surface area contributed by atoms with E-state index < -0.39 is 16.8 Å². The summed E-state index contributed by atoms with van der Waals surface area (Å²) in [7, 11) is 0. The zero-order valence-electron chi connectivity index (χ0n) is 11.3. The van der Waals surface area contributed by atoms with Gasteiger partial charge >= 0.3 is 0 Å². The van der Waals surface area contributed by atoms with Crippen molar-refractivity contribution in [3.63, 3.8) is 0 Å². The van der Waals surface area contributed by atoms with Crippen molar-refractivity contribution >= 4 is 11.5 Å². The van der Waals surface area contributed by atoms with Gasteiger partial charge in [0, 0.05) is 18.6 Å². The maximum absolute atomic E-state index is 11.5. The quantitative estimate of drug-likeness (QED) is 0.444. The van der Waals surface area contributed by atoms with Crippen LogP contribution in [0.1, 0.15) is 31.9 Å². The van der Waals surface area contributed by atoms with E-state index in [9.17, 15) is 25.1 Å². The van der Waals surface area contributed by atoms with Crippen molar-refractivity contribution in [3.05, 3.63) is 39.9 Å². The van der Waals surface area contributed by atoms with Gasteiger partial charge in [-0.15, -0.1) is 0 Å². The summed E-state index contributed by atoms with van der Waals surface area (Å²) in [5.74, 6) is -1.79. The summed E-state index contributed by atoms with van der Waals surface area (Å²) in [4.78, 5) is 21.5. The number of carbonyl (C=O) groups is 1. The maximum atomic E-state index is 11.5. The Balaban J connectivity index is 2.55. The summed E-state index contributed by atoms with van der Waals surface area (Å²) in [5.41, 5.74) is 0.324. The summed E-state index contributed by atoms with van der Waals surface area (Å²) < 4.78 is 4.88. The highest BCUT2D eigenvalue weighted by Crippen LogP contribution is 2.20. The molecule has 0 aliphatic carbocycles. The lowest BCUT2D eigenvalue weighted by Crippen LogP contribution is -2.27. The Kier molecular flexibility index (Phi) is 5.32. The van der Waals surface area contributed by atoms with Crippen molar-refractivity contribution in [2.75, 3.05) is 6.61 Å². The SMILES string of the molecule is CC(C)(O)OCC(=O)CC(O)c1ccc([N+](=O)[O-])cc1. The molecule has 0 saturated heterocycles. The second kappa shape index (κ2) is 6.56. The van der Waals surface area contributed by atoms with Gasteiger partial charge in [0.15, 0.2) is 11.6 Å². The van der Waals surface area contributed by atoms with E-state index in [4.69, 9.17) is 4.74 Å². The predicted molar refractivity (Wildman–Crippen MR) is 69.9 cm³/mol. The lowest BCUT2D eigenvalue weighted by molar-refractivity contribution is -0.384. The molecule has 0 saturated carbocycles. The number of nitrogens with zero attached hydrogens (tertiary/aromatic N) is 1. The Bertz CT molecular complexity index is 477. The van der Waals surface area contributed by atoms with Gasteiger partial charge in [-0.3, -0.25) is 14.9 Å². The van der Waals surface area contributed by atoms with Crippen LogP contribution in [0.2, 0.25) is 0 Å². The van der Waals surface area contributed by atoms with E-state index in [1.165, 1.54) is 38.1 Å². The molecule has 1 aromatic carbocycles. The first kappa shape index (κ1) is 16.2. The molecule has 2 N–H and O–H groups in total. The fourth-order valence-corrected chi connectivity index (χ4v) is 1.47. The number of ketones is 1. The van der Waals surface area contributed by atoms with Crippen LogP contribution in [0.25, 0.3) is 0 Å². The van der Waals surface area contributed by atoms with Crippen LogP contribution >= 0.6 is 0 Å². The van der Waals surface area contributed by atoms with Crippen molar-refractivity contribution in [1.29, 1.82) is 0 Å². The van der Waals surface area contributed by atoms with Crippen LogP contribution in [-0.4, -0.2) is 33.3 Å². The number of aliphatic hydroxyl groups excluding tert-OH is 1. The minimum atomic E-state index is -1.41. The van der Waals surface area contributed by atoms with E-state index in [1.54, 1.807) is 0 Å². The molecule has 1 aromatic rings. The van der Waals surface area contributed by atoms with Gasteiger partial charge < -0.3 is 14.9 Å². The first-order chi connectivity index (χ1) is 9.19. The highest BCUT2D eigenvalue weighted by Gasteiger charge is 2.18. The molecule has 1 unspecified atom stereocenters. The first-order valence-corrected chi connectivity index (χ1v) is 5.99. The smallest absolute Gasteiger partial charge is 0.269 e. The third-order valence-corrected chi connectivity index (χ3v) is 2.50.